The summed E-state index contributed by atoms with van der Waals surface area (Å²) in [6.45, 7) is 12.8. The molecule has 0 aliphatic heterocycles. The van der Waals surface area contributed by atoms with E-state index in [0.29, 0.717) is 0 Å². The lowest BCUT2D eigenvalue weighted by molar-refractivity contribution is -0.279. The third-order valence-electron chi connectivity index (χ3n) is 6.44. The lowest BCUT2D eigenvalue weighted by atomic mass is 9.90. The first-order chi connectivity index (χ1) is 16.4. The molecule has 4 unspecified atom stereocenters. The van der Waals surface area contributed by atoms with Crippen molar-refractivity contribution < 1.29 is 29.1 Å². The van der Waals surface area contributed by atoms with Crippen LogP contribution in [0.4, 0.5) is 0 Å². The van der Waals surface area contributed by atoms with Crippen LogP contribution in [0.3, 0.4) is 0 Å². The zero-order valence-corrected chi connectivity index (χ0v) is 22.1. The van der Waals surface area contributed by atoms with E-state index >= 15 is 0 Å². The van der Waals surface area contributed by atoms with Crippen LogP contribution in [-0.4, -0.2) is 25.2 Å². The molecule has 0 fully saturated rings. The molecule has 4 atom stereocenters. The van der Waals surface area contributed by atoms with Gasteiger partial charge in [0, 0.05) is 11.8 Å². The second kappa shape index (κ2) is 17.5. The van der Waals surface area contributed by atoms with Crippen molar-refractivity contribution >= 4 is 11.9 Å². The maximum atomic E-state index is 12.3. The van der Waals surface area contributed by atoms with Crippen molar-refractivity contribution in [3.05, 3.63) is 35.4 Å². The van der Waals surface area contributed by atoms with Gasteiger partial charge in [0.25, 0.3) is 0 Å². The van der Waals surface area contributed by atoms with Crippen LogP contribution in [0.5, 0.6) is 0 Å². The number of hydrogen-bond acceptors (Lipinski definition) is 6. The molecular weight excluding hydrogens is 432 g/mol. The van der Waals surface area contributed by atoms with Gasteiger partial charge < -0.3 is 0 Å². The molecule has 6 nitrogen and oxygen atoms in total. The molecule has 34 heavy (non-hydrogen) atoms. The van der Waals surface area contributed by atoms with Crippen molar-refractivity contribution in [1.82, 2.24) is 0 Å². The van der Waals surface area contributed by atoms with Crippen molar-refractivity contribution in [3.8, 4) is 0 Å². The van der Waals surface area contributed by atoms with Gasteiger partial charge in [-0.25, -0.2) is 9.59 Å². The fraction of sp³-hybridized carbons (Fsp3) is 0.714. The van der Waals surface area contributed by atoms with Crippen LogP contribution in [0.25, 0.3) is 0 Å². The Morgan fingerprint density at radius 2 is 1.09 bits per heavy atom. The number of carbonyl (C=O) groups is 2. The minimum absolute atomic E-state index is 0.0169. The topological polar surface area (TPSA) is 71.1 Å². The standard InChI is InChI=1S/C28H46O6/c1-7-11-15-23(9-3)27(29)33-31-19-21(5)25-17-13-14-18-26(25)22(6)20-32-34-28(30)24(10-4)16-12-8-2/h13-14,17-18,21-24H,7-12,15-16,19-20H2,1-6H3. The highest BCUT2D eigenvalue weighted by Crippen LogP contribution is 2.27. The van der Waals surface area contributed by atoms with Gasteiger partial charge >= 0.3 is 11.9 Å². The van der Waals surface area contributed by atoms with Gasteiger partial charge in [0.05, 0.1) is 11.8 Å². The lowest BCUT2D eigenvalue weighted by Crippen LogP contribution is -2.20. The third kappa shape index (κ3) is 10.6. The molecule has 0 bridgehead atoms. The summed E-state index contributed by atoms with van der Waals surface area (Å²) in [4.78, 5) is 45.5. The summed E-state index contributed by atoms with van der Waals surface area (Å²) in [6.07, 6.45) is 7.27. The summed E-state index contributed by atoms with van der Waals surface area (Å²) in [5, 5.41) is 0. The number of benzene rings is 1. The molecule has 0 radical (unpaired) electrons. The highest BCUT2D eigenvalue weighted by atomic mass is 17.2. The zero-order valence-electron chi connectivity index (χ0n) is 22.1. The maximum Gasteiger partial charge on any atom is 0.345 e. The molecule has 0 aromatic heterocycles. The molecule has 1 aromatic carbocycles. The van der Waals surface area contributed by atoms with E-state index in [1.165, 1.54) is 0 Å². The molecule has 6 heteroatoms. The van der Waals surface area contributed by atoms with Crippen LogP contribution in [0.2, 0.25) is 0 Å². The Kier molecular flexibility index (Phi) is 15.5. The predicted octanol–water partition coefficient (Wildman–Crippen LogP) is 7.28. The summed E-state index contributed by atoms with van der Waals surface area (Å²) < 4.78 is 0. The van der Waals surface area contributed by atoms with Gasteiger partial charge in [-0.3, -0.25) is 9.78 Å². The first kappa shape index (κ1) is 30.1. The fourth-order valence-electron chi connectivity index (χ4n) is 3.99. The molecule has 1 rings (SSSR count). The Morgan fingerprint density at radius 1 is 0.706 bits per heavy atom. The predicted molar refractivity (Wildman–Crippen MR) is 134 cm³/mol. The summed E-state index contributed by atoms with van der Waals surface area (Å²) >= 11 is 0. The van der Waals surface area contributed by atoms with Gasteiger partial charge in [0.15, 0.2) is 0 Å². The highest BCUT2D eigenvalue weighted by molar-refractivity contribution is 5.72. The van der Waals surface area contributed by atoms with Gasteiger partial charge in [-0.15, -0.1) is 0 Å². The molecule has 1 aromatic rings. The van der Waals surface area contributed by atoms with Crippen molar-refractivity contribution in [2.24, 2.45) is 11.8 Å². The van der Waals surface area contributed by atoms with Crippen molar-refractivity contribution in [1.29, 1.82) is 0 Å². The molecule has 0 N–H and O–H groups in total. The van der Waals surface area contributed by atoms with Crippen LogP contribution >= 0.6 is 0 Å². The van der Waals surface area contributed by atoms with Crippen LogP contribution in [0, 0.1) is 11.8 Å². The van der Waals surface area contributed by atoms with E-state index < -0.39 is 0 Å². The van der Waals surface area contributed by atoms with E-state index in [9.17, 15) is 9.59 Å². The molecule has 0 heterocycles. The second-order valence-electron chi connectivity index (χ2n) is 9.30. The Bertz CT molecular complexity index is 645. The minimum atomic E-state index is -0.288. The summed E-state index contributed by atoms with van der Waals surface area (Å²) in [7, 11) is 0. The van der Waals surface area contributed by atoms with E-state index in [4.69, 9.17) is 19.6 Å². The van der Waals surface area contributed by atoms with E-state index in [-0.39, 0.29) is 48.8 Å². The number of hydrogen-bond donors (Lipinski definition) is 0. The average Bonchev–Trinajstić information content (AvgIpc) is 2.84. The largest absolute Gasteiger partial charge is 0.345 e. The van der Waals surface area contributed by atoms with Gasteiger partial charge in [-0.05, 0) is 36.8 Å². The molecule has 0 saturated carbocycles. The number of rotatable bonds is 18. The van der Waals surface area contributed by atoms with Gasteiger partial charge in [0.2, 0.25) is 0 Å². The van der Waals surface area contributed by atoms with Gasteiger partial charge in [0.1, 0.15) is 13.2 Å². The monoisotopic (exact) mass is 478 g/mol. The number of carbonyl (C=O) groups excluding carboxylic acids is 2. The molecule has 194 valence electrons. The molecule has 0 aliphatic rings. The SMILES string of the molecule is CCCCC(CC)C(=O)OOCC(C)c1ccccc1C(C)COOC(=O)C(CC)CCCC. The highest BCUT2D eigenvalue weighted by Gasteiger charge is 2.22. The lowest BCUT2D eigenvalue weighted by Gasteiger charge is -2.21. The Labute approximate surface area is 206 Å². The second-order valence-corrected chi connectivity index (χ2v) is 9.30. The Balaban J connectivity index is 2.59. The van der Waals surface area contributed by atoms with Crippen LogP contribution < -0.4 is 0 Å². The van der Waals surface area contributed by atoms with Crippen LogP contribution in [0.15, 0.2) is 24.3 Å². The van der Waals surface area contributed by atoms with Crippen LogP contribution in [-0.2, 0) is 29.1 Å². The fourth-order valence-corrected chi connectivity index (χ4v) is 3.99. The molecule has 0 spiro atoms. The number of unbranched alkanes of at least 4 members (excludes halogenated alkanes) is 2. The van der Waals surface area contributed by atoms with Crippen molar-refractivity contribution in [2.75, 3.05) is 13.2 Å². The Morgan fingerprint density at radius 3 is 1.41 bits per heavy atom. The van der Waals surface area contributed by atoms with E-state index in [2.05, 4.69) is 13.8 Å². The minimum Gasteiger partial charge on any atom is -0.298 e. The van der Waals surface area contributed by atoms with E-state index in [1.54, 1.807) is 0 Å². The molecule has 0 amide bonds. The summed E-state index contributed by atoms with van der Waals surface area (Å²) in [5.74, 6) is -0.770. The Hall–Kier alpha value is -1.92. The third-order valence-corrected chi connectivity index (χ3v) is 6.44. The van der Waals surface area contributed by atoms with Gasteiger partial charge in [-0.1, -0.05) is 91.5 Å². The molecular formula is C28H46O6. The zero-order chi connectivity index (χ0) is 25.3. The first-order valence-electron chi connectivity index (χ1n) is 13.1. The smallest absolute Gasteiger partial charge is 0.298 e. The van der Waals surface area contributed by atoms with Crippen molar-refractivity contribution in [2.45, 2.75) is 105 Å². The molecule has 0 saturated heterocycles. The maximum absolute atomic E-state index is 12.3. The summed E-state index contributed by atoms with van der Waals surface area (Å²) in [6, 6.07) is 8.04. The van der Waals surface area contributed by atoms with Gasteiger partial charge in [-0.2, -0.15) is 9.78 Å². The first-order valence-corrected chi connectivity index (χ1v) is 13.1. The van der Waals surface area contributed by atoms with Crippen molar-refractivity contribution in [3.63, 3.8) is 0 Å². The van der Waals surface area contributed by atoms with E-state index in [0.717, 1.165) is 62.5 Å². The van der Waals surface area contributed by atoms with Crippen LogP contribution in [0.1, 0.15) is 116 Å². The average molecular weight is 479 g/mol. The molecule has 0 aliphatic carbocycles. The summed E-state index contributed by atoms with van der Waals surface area (Å²) in [5.41, 5.74) is 2.18. The quantitative estimate of drug-likeness (QED) is 0.163. The normalized spacial score (nSPS) is 14.8. The van der Waals surface area contributed by atoms with E-state index in [1.807, 2.05) is 52.0 Å².